The Morgan fingerprint density at radius 2 is 1.94 bits per heavy atom. The maximum Gasteiger partial charge on any atom is 0.488 e. The summed E-state index contributed by atoms with van der Waals surface area (Å²) >= 11 is 3.11. The molecule has 8 heteroatoms. The molecule has 0 fully saturated rings. The molecule has 0 unspecified atom stereocenters. The summed E-state index contributed by atoms with van der Waals surface area (Å²) in [7, 11) is -1.70. The van der Waals surface area contributed by atoms with Gasteiger partial charge in [0, 0.05) is 10.0 Å². The normalized spacial score (nSPS) is 9.82. The third-order valence-electron chi connectivity index (χ3n) is 1.88. The molecule has 1 aromatic rings. The SMILES string of the molecule is O=C(O)CNC(=O)c1cc(Br)cc(B(O)O)c1. The second-order valence-corrected chi connectivity index (χ2v) is 4.14. The predicted octanol–water partition coefficient (Wildman–Crippen LogP) is -1.06. The monoisotopic (exact) mass is 301 g/mol. The van der Waals surface area contributed by atoms with Crippen LogP contribution in [0.5, 0.6) is 0 Å². The summed E-state index contributed by atoms with van der Waals surface area (Å²) in [5.41, 5.74) is 0.281. The summed E-state index contributed by atoms with van der Waals surface area (Å²) in [4.78, 5) is 21.8. The molecule has 0 heterocycles. The van der Waals surface area contributed by atoms with Crippen molar-refractivity contribution in [2.24, 2.45) is 0 Å². The first-order valence-corrected chi connectivity index (χ1v) is 5.36. The minimum Gasteiger partial charge on any atom is -0.480 e. The van der Waals surface area contributed by atoms with Crippen molar-refractivity contribution >= 4 is 40.4 Å². The van der Waals surface area contributed by atoms with E-state index < -0.39 is 25.5 Å². The first-order chi connectivity index (χ1) is 7.90. The van der Waals surface area contributed by atoms with Gasteiger partial charge >= 0.3 is 13.1 Å². The van der Waals surface area contributed by atoms with E-state index in [-0.39, 0.29) is 11.0 Å². The van der Waals surface area contributed by atoms with Crippen LogP contribution in [0.25, 0.3) is 0 Å². The van der Waals surface area contributed by atoms with Crippen LogP contribution in [-0.2, 0) is 4.79 Å². The van der Waals surface area contributed by atoms with Crippen LogP contribution in [0.15, 0.2) is 22.7 Å². The largest absolute Gasteiger partial charge is 0.488 e. The Bertz CT molecular complexity index is 451. The van der Waals surface area contributed by atoms with E-state index >= 15 is 0 Å². The lowest BCUT2D eigenvalue weighted by atomic mass is 9.79. The molecule has 6 nitrogen and oxygen atoms in total. The number of benzene rings is 1. The molecule has 0 aliphatic carbocycles. The molecule has 1 amide bonds. The molecule has 0 bridgehead atoms. The summed E-state index contributed by atoms with van der Waals surface area (Å²) in [6, 6.07) is 4.16. The van der Waals surface area contributed by atoms with E-state index in [2.05, 4.69) is 21.2 Å². The van der Waals surface area contributed by atoms with E-state index in [9.17, 15) is 9.59 Å². The average Bonchev–Trinajstić information content (AvgIpc) is 2.24. The number of hydrogen-bond donors (Lipinski definition) is 4. The molecule has 90 valence electrons. The van der Waals surface area contributed by atoms with Crippen molar-refractivity contribution < 1.29 is 24.7 Å². The second kappa shape index (κ2) is 5.81. The van der Waals surface area contributed by atoms with Crippen molar-refractivity contribution in [3.05, 3.63) is 28.2 Å². The number of rotatable bonds is 4. The van der Waals surface area contributed by atoms with Crippen LogP contribution in [-0.4, -0.2) is 40.7 Å². The molecule has 4 N–H and O–H groups in total. The molecule has 0 spiro atoms. The molecule has 0 saturated heterocycles. The van der Waals surface area contributed by atoms with Gasteiger partial charge in [-0.3, -0.25) is 9.59 Å². The standard InChI is InChI=1S/C9H9BBrNO5/c11-7-2-5(1-6(3-7)10(16)17)9(15)12-4-8(13)14/h1-3,16-17H,4H2,(H,12,15)(H,13,14). The van der Waals surface area contributed by atoms with Gasteiger partial charge in [0.15, 0.2) is 0 Å². The van der Waals surface area contributed by atoms with Gasteiger partial charge in [0.1, 0.15) is 6.54 Å². The molecule has 0 atom stereocenters. The van der Waals surface area contributed by atoms with E-state index in [1.807, 2.05) is 0 Å². The summed E-state index contributed by atoms with van der Waals surface area (Å²) in [5.74, 6) is -1.76. The van der Waals surface area contributed by atoms with E-state index in [1.165, 1.54) is 18.2 Å². The summed E-state index contributed by atoms with van der Waals surface area (Å²) in [5, 5.41) is 28.5. The van der Waals surface area contributed by atoms with Crippen LogP contribution in [0.4, 0.5) is 0 Å². The van der Waals surface area contributed by atoms with Gasteiger partial charge in [-0.2, -0.15) is 0 Å². The highest BCUT2D eigenvalue weighted by atomic mass is 79.9. The van der Waals surface area contributed by atoms with E-state index in [0.717, 1.165) is 0 Å². The highest BCUT2D eigenvalue weighted by Crippen LogP contribution is 2.10. The molecule has 17 heavy (non-hydrogen) atoms. The Hall–Kier alpha value is -1.38. The lowest BCUT2D eigenvalue weighted by molar-refractivity contribution is -0.135. The molecule has 1 aromatic carbocycles. The minimum atomic E-state index is -1.70. The molecule has 0 aliphatic heterocycles. The van der Waals surface area contributed by atoms with Gasteiger partial charge < -0.3 is 20.5 Å². The molecule has 0 aromatic heterocycles. The van der Waals surface area contributed by atoms with Crippen molar-refractivity contribution in [1.29, 1.82) is 0 Å². The maximum atomic E-state index is 11.5. The molecular weight excluding hydrogens is 293 g/mol. The molecule has 0 aliphatic rings. The van der Waals surface area contributed by atoms with Crippen molar-refractivity contribution in [1.82, 2.24) is 5.32 Å². The summed E-state index contributed by atoms with van der Waals surface area (Å²) in [6.45, 7) is -0.498. The van der Waals surface area contributed by atoms with Gasteiger partial charge in [0.05, 0.1) is 0 Å². The number of carboxylic acids is 1. The van der Waals surface area contributed by atoms with Gasteiger partial charge in [0.25, 0.3) is 5.91 Å². The third-order valence-corrected chi connectivity index (χ3v) is 2.34. The fourth-order valence-corrected chi connectivity index (χ4v) is 1.66. The number of carboxylic acid groups (broad SMARTS) is 1. The van der Waals surface area contributed by atoms with Crippen LogP contribution >= 0.6 is 15.9 Å². The van der Waals surface area contributed by atoms with E-state index in [0.29, 0.717) is 4.47 Å². The fraction of sp³-hybridized carbons (Fsp3) is 0.111. The second-order valence-electron chi connectivity index (χ2n) is 3.22. The zero-order valence-corrected chi connectivity index (χ0v) is 10.1. The van der Waals surface area contributed by atoms with Crippen molar-refractivity contribution in [2.45, 2.75) is 0 Å². The first kappa shape index (κ1) is 13.7. The summed E-state index contributed by atoms with van der Waals surface area (Å²) in [6.07, 6.45) is 0. The summed E-state index contributed by atoms with van der Waals surface area (Å²) < 4.78 is 0.489. The number of hydrogen-bond acceptors (Lipinski definition) is 4. The molecule has 1 rings (SSSR count). The van der Waals surface area contributed by atoms with Crippen molar-refractivity contribution in [2.75, 3.05) is 6.54 Å². The average molecular weight is 302 g/mol. The van der Waals surface area contributed by atoms with Gasteiger partial charge in [-0.25, -0.2) is 0 Å². The van der Waals surface area contributed by atoms with Crippen LogP contribution in [0, 0.1) is 0 Å². The van der Waals surface area contributed by atoms with Gasteiger partial charge in [-0.05, 0) is 23.7 Å². The Morgan fingerprint density at radius 1 is 1.29 bits per heavy atom. The number of carbonyl (C=O) groups is 2. The number of aliphatic carboxylic acids is 1. The van der Waals surface area contributed by atoms with E-state index in [1.54, 1.807) is 0 Å². The first-order valence-electron chi connectivity index (χ1n) is 4.57. The van der Waals surface area contributed by atoms with Crippen LogP contribution < -0.4 is 10.8 Å². The highest BCUT2D eigenvalue weighted by Gasteiger charge is 2.15. The van der Waals surface area contributed by atoms with Gasteiger partial charge in [-0.1, -0.05) is 15.9 Å². The molecular formula is C9H9BBrNO5. The Balaban J connectivity index is 2.90. The van der Waals surface area contributed by atoms with Gasteiger partial charge in [0.2, 0.25) is 0 Å². The van der Waals surface area contributed by atoms with Crippen LogP contribution in [0.2, 0.25) is 0 Å². The Kier molecular flexibility index (Phi) is 4.67. The Labute approximate surface area is 106 Å². The van der Waals surface area contributed by atoms with E-state index in [4.69, 9.17) is 15.2 Å². The third kappa shape index (κ3) is 4.18. The number of halogens is 1. The predicted molar refractivity (Wildman–Crippen MR) is 63.9 cm³/mol. The topological polar surface area (TPSA) is 107 Å². The van der Waals surface area contributed by atoms with Crippen molar-refractivity contribution in [3.8, 4) is 0 Å². The highest BCUT2D eigenvalue weighted by molar-refractivity contribution is 9.10. The van der Waals surface area contributed by atoms with Crippen molar-refractivity contribution in [3.63, 3.8) is 0 Å². The van der Waals surface area contributed by atoms with Crippen LogP contribution in [0.3, 0.4) is 0 Å². The molecule has 0 saturated carbocycles. The Morgan fingerprint density at radius 3 is 2.47 bits per heavy atom. The minimum absolute atomic E-state index is 0.139. The smallest absolute Gasteiger partial charge is 0.480 e. The fourth-order valence-electron chi connectivity index (χ4n) is 1.15. The number of carbonyl (C=O) groups excluding carboxylic acids is 1. The lowest BCUT2D eigenvalue weighted by Gasteiger charge is -2.06. The zero-order chi connectivity index (χ0) is 13.0. The number of amides is 1. The quantitative estimate of drug-likeness (QED) is 0.531. The molecule has 0 radical (unpaired) electrons. The van der Waals surface area contributed by atoms with Gasteiger partial charge in [-0.15, -0.1) is 0 Å². The number of nitrogens with one attached hydrogen (secondary N) is 1. The lowest BCUT2D eigenvalue weighted by Crippen LogP contribution is -2.33. The maximum absolute atomic E-state index is 11.5. The van der Waals surface area contributed by atoms with Crippen LogP contribution in [0.1, 0.15) is 10.4 Å². The zero-order valence-electron chi connectivity index (χ0n) is 8.55.